The highest BCUT2D eigenvalue weighted by Gasteiger charge is 2.29. The Bertz CT molecular complexity index is 232. The molecule has 1 unspecified atom stereocenters. The lowest BCUT2D eigenvalue weighted by Crippen LogP contribution is -2.41. The predicted molar refractivity (Wildman–Crippen MR) is 72.7 cm³/mol. The molecule has 2 heterocycles. The zero-order valence-electron chi connectivity index (χ0n) is 11.9. The van der Waals surface area contributed by atoms with Gasteiger partial charge in [0.05, 0.1) is 0 Å². The van der Waals surface area contributed by atoms with E-state index in [0.29, 0.717) is 0 Å². The van der Waals surface area contributed by atoms with Crippen molar-refractivity contribution in [2.75, 3.05) is 45.9 Å². The van der Waals surface area contributed by atoms with E-state index in [0.717, 1.165) is 25.8 Å². The van der Waals surface area contributed by atoms with E-state index in [-0.39, 0.29) is 6.29 Å². The van der Waals surface area contributed by atoms with Crippen LogP contribution in [0.15, 0.2) is 0 Å². The molecule has 0 amide bonds. The normalized spacial score (nSPS) is 26.5. The minimum atomic E-state index is -0.0482. The number of nitrogens with zero attached hydrogens (tertiary/aromatic N) is 2. The van der Waals surface area contributed by atoms with Crippen LogP contribution in [0, 0.1) is 0 Å². The molecule has 1 atom stereocenters. The lowest BCUT2D eigenvalue weighted by Gasteiger charge is -2.28. The van der Waals surface area contributed by atoms with Crippen LogP contribution in [0.5, 0.6) is 0 Å². The number of hydrogen-bond acceptors (Lipinski definition) is 4. The van der Waals surface area contributed by atoms with Crippen LogP contribution >= 0.6 is 0 Å². The summed E-state index contributed by atoms with van der Waals surface area (Å²) in [5.41, 5.74) is 0. The predicted octanol–water partition coefficient (Wildman–Crippen LogP) is 1.56. The van der Waals surface area contributed by atoms with Crippen LogP contribution in [0.25, 0.3) is 0 Å². The van der Waals surface area contributed by atoms with Crippen molar-refractivity contribution in [3.05, 3.63) is 0 Å². The fraction of sp³-hybridized carbons (Fsp3) is 1.00. The van der Waals surface area contributed by atoms with Crippen LogP contribution < -0.4 is 0 Å². The summed E-state index contributed by atoms with van der Waals surface area (Å²) >= 11 is 0. The fourth-order valence-electron chi connectivity index (χ4n) is 3.18. The molecule has 18 heavy (non-hydrogen) atoms. The van der Waals surface area contributed by atoms with Gasteiger partial charge in [-0.1, -0.05) is 0 Å². The Balaban J connectivity index is 1.83. The average molecular weight is 256 g/mol. The quantitative estimate of drug-likeness (QED) is 0.673. The van der Waals surface area contributed by atoms with Crippen molar-refractivity contribution >= 4 is 0 Å². The third kappa shape index (κ3) is 3.92. The van der Waals surface area contributed by atoms with Gasteiger partial charge < -0.3 is 9.47 Å². The summed E-state index contributed by atoms with van der Waals surface area (Å²) in [4.78, 5) is 5.20. The largest absolute Gasteiger partial charge is 0.352 e. The minimum Gasteiger partial charge on any atom is -0.352 e. The van der Waals surface area contributed by atoms with Crippen molar-refractivity contribution in [1.29, 1.82) is 0 Å². The van der Waals surface area contributed by atoms with E-state index in [1.165, 1.54) is 45.4 Å². The summed E-state index contributed by atoms with van der Waals surface area (Å²) < 4.78 is 11.3. The first-order valence-corrected chi connectivity index (χ1v) is 7.53. The molecule has 4 heteroatoms. The van der Waals surface area contributed by atoms with Crippen LogP contribution in [-0.2, 0) is 9.47 Å². The zero-order valence-corrected chi connectivity index (χ0v) is 11.9. The van der Waals surface area contributed by atoms with Gasteiger partial charge in [0.25, 0.3) is 0 Å². The van der Waals surface area contributed by atoms with Gasteiger partial charge in [-0.15, -0.1) is 0 Å². The van der Waals surface area contributed by atoms with Gasteiger partial charge in [0.15, 0.2) is 6.29 Å². The molecule has 0 spiro atoms. The summed E-state index contributed by atoms with van der Waals surface area (Å²) in [6.07, 6.45) is 3.97. The molecule has 0 aromatic heterocycles. The third-order valence-electron chi connectivity index (χ3n) is 4.00. The van der Waals surface area contributed by atoms with Crippen molar-refractivity contribution in [3.8, 4) is 0 Å². The molecule has 0 aliphatic carbocycles. The van der Waals surface area contributed by atoms with Crippen molar-refractivity contribution in [1.82, 2.24) is 9.80 Å². The molecule has 0 bridgehead atoms. The summed E-state index contributed by atoms with van der Waals surface area (Å²) in [6, 6.07) is 0.774. The van der Waals surface area contributed by atoms with Gasteiger partial charge in [-0.2, -0.15) is 0 Å². The van der Waals surface area contributed by atoms with E-state index in [2.05, 4.69) is 9.80 Å². The molecule has 0 radical (unpaired) electrons. The van der Waals surface area contributed by atoms with Crippen molar-refractivity contribution in [2.24, 2.45) is 0 Å². The highest BCUT2D eigenvalue weighted by atomic mass is 16.7. The molecule has 2 aliphatic heterocycles. The second-order valence-corrected chi connectivity index (χ2v) is 5.29. The van der Waals surface area contributed by atoms with E-state index in [9.17, 15) is 0 Å². The maximum Gasteiger partial charge on any atom is 0.170 e. The van der Waals surface area contributed by atoms with Crippen molar-refractivity contribution in [2.45, 2.75) is 45.4 Å². The van der Waals surface area contributed by atoms with Gasteiger partial charge in [0.1, 0.15) is 0 Å². The first-order chi connectivity index (χ1) is 8.83. The van der Waals surface area contributed by atoms with E-state index in [4.69, 9.17) is 9.47 Å². The van der Waals surface area contributed by atoms with Crippen LogP contribution in [0.3, 0.4) is 0 Å². The Kier molecular flexibility index (Phi) is 5.89. The molecular weight excluding hydrogens is 228 g/mol. The van der Waals surface area contributed by atoms with E-state index >= 15 is 0 Å². The minimum absolute atomic E-state index is 0.0482. The van der Waals surface area contributed by atoms with Crippen LogP contribution in [-0.4, -0.2) is 68.1 Å². The molecule has 2 aliphatic rings. The standard InChI is InChI=1S/C14H28N2O2/c1-3-17-14(18-4-2)12-15-8-6-10-16-9-5-7-13(16)11-15/h13-14H,3-12H2,1-2H3. The fourth-order valence-corrected chi connectivity index (χ4v) is 3.18. The van der Waals surface area contributed by atoms with Gasteiger partial charge in [0, 0.05) is 32.3 Å². The Morgan fingerprint density at radius 3 is 2.50 bits per heavy atom. The number of hydrogen-bond donors (Lipinski definition) is 0. The van der Waals surface area contributed by atoms with E-state index < -0.39 is 0 Å². The summed E-state index contributed by atoms with van der Waals surface area (Å²) in [6.45, 7) is 11.4. The van der Waals surface area contributed by atoms with Crippen LogP contribution in [0.1, 0.15) is 33.1 Å². The SMILES string of the molecule is CCOC(CN1CCCN2CCCC2C1)OCC. The molecule has 106 valence electrons. The lowest BCUT2D eigenvalue weighted by atomic mass is 10.2. The molecule has 0 aromatic rings. The van der Waals surface area contributed by atoms with Gasteiger partial charge in [0.2, 0.25) is 0 Å². The Hall–Kier alpha value is -0.160. The van der Waals surface area contributed by atoms with E-state index in [1.54, 1.807) is 0 Å². The monoisotopic (exact) mass is 256 g/mol. The zero-order chi connectivity index (χ0) is 12.8. The second kappa shape index (κ2) is 7.43. The number of rotatable bonds is 6. The molecule has 2 fully saturated rings. The first kappa shape index (κ1) is 14.3. The summed E-state index contributed by atoms with van der Waals surface area (Å²) in [5.74, 6) is 0. The molecular formula is C14H28N2O2. The van der Waals surface area contributed by atoms with Crippen molar-refractivity contribution in [3.63, 3.8) is 0 Å². The van der Waals surface area contributed by atoms with Gasteiger partial charge in [-0.3, -0.25) is 9.80 Å². The van der Waals surface area contributed by atoms with Crippen LogP contribution in [0.2, 0.25) is 0 Å². The topological polar surface area (TPSA) is 24.9 Å². The van der Waals surface area contributed by atoms with Crippen molar-refractivity contribution < 1.29 is 9.47 Å². The van der Waals surface area contributed by atoms with Gasteiger partial charge in [-0.25, -0.2) is 0 Å². The Morgan fingerprint density at radius 2 is 1.78 bits per heavy atom. The van der Waals surface area contributed by atoms with Gasteiger partial charge in [-0.05, 0) is 52.7 Å². The first-order valence-electron chi connectivity index (χ1n) is 7.53. The molecule has 0 aromatic carbocycles. The molecule has 4 nitrogen and oxygen atoms in total. The maximum atomic E-state index is 5.66. The summed E-state index contributed by atoms with van der Waals surface area (Å²) in [5, 5.41) is 0. The molecule has 0 N–H and O–H groups in total. The summed E-state index contributed by atoms with van der Waals surface area (Å²) in [7, 11) is 0. The number of fused-ring (bicyclic) bond motifs is 1. The Labute approximate surface area is 111 Å². The Morgan fingerprint density at radius 1 is 1.06 bits per heavy atom. The molecule has 2 rings (SSSR count). The second-order valence-electron chi connectivity index (χ2n) is 5.29. The third-order valence-corrected chi connectivity index (χ3v) is 4.00. The maximum absolute atomic E-state index is 5.66. The smallest absolute Gasteiger partial charge is 0.170 e. The van der Waals surface area contributed by atoms with Crippen LogP contribution in [0.4, 0.5) is 0 Å². The number of ether oxygens (including phenoxy) is 2. The van der Waals surface area contributed by atoms with Gasteiger partial charge >= 0.3 is 0 Å². The lowest BCUT2D eigenvalue weighted by molar-refractivity contribution is -0.147. The molecule has 2 saturated heterocycles. The average Bonchev–Trinajstić information content (AvgIpc) is 2.69. The highest BCUT2D eigenvalue weighted by Crippen LogP contribution is 2.21. The highest BCUT2D eigenvalue weighted by molar-refractivity contribution is 4.85. The van der Waals surface area contributed by atoms with E-state index in [1.807, 2.05) is 13.8 Å². The molecule has 0 saturated carbocycles.